The van der Waals surface area contributed by atoms with Crippen LogP contribution in [0.2, 0.25) is 0 Å². The molecule has 1 spiro atoms. The Bertz CT molecular complexity index is 984. The number of alkyl halides is 3. The quantitative estimate of drug-likeness (QED) is 0.692. The average Bonchev–Trinajstić information content (AvgIpc) is 2.77. The van der Waals surface area contributed by atoms with Gasteiger partial charge >= 0.3 is 12.1 Å². The van der Waals surface area contributed by atoms with Crippen LogP contribution in [0.4, 0.5) is 13.2 Å². The lowest BCUT2D eigenvalue weighted by molar-refractivity contribution is -0.192. The minimum absolute atomic E-state index is 0.0510. The highest BCUT2D eigenvalue weighted by atomic mass is 19.4. The molecule has 2 aliphatic heterocycles. The van der Waals surface area contributed by atoms with Crippen molar-refractivity contribution in [2.45, 2.75) is 38.0 Å². The normalized spacial score (nSPS) is 18.9. The predicted molar refractivity (Wildman–Crippen MR) is 112 cm³/mol. The molecule has 2 aliphatic rings. The molecule has 34 heavy (non-hydrogen) atoms. The number of rotatable bonds is 5. The maximum Gasteiger partial charge on any atom is 0.490 e. The first-order valence-corrected chi connectivity index (χ1v) is 10.6. The second-order valence-electron chi connectivity index (χ2n) is 8.23. The van der Waals surface area contributed by atoms with Crippen molar-refractivity contribution in [2.24, 2.45) is 5.92 Å². The van der Waals surface area contributed by atoms with Gasteiger partial charge in [0.25, 0.3) is 5.91 Å². The molecule has 4 rings (SSSR count). The van der Waals surface area contributed by atoms with E-state index in [1.807, 2.05) is 11.8 Å². The summed E-state index contributed by atoms with van der Waals surface area (Å²) in [4.78, 5) is 35.6. The third-order valence-electron chi connectivity index (χ3n) is 5.52. The Balaban J connectivity index is 0.000000406. The van der Waals surface area contributed by atoms with Gasteiger partial charge in [0.15, 0.2) is 0 Å². The van der Waals surface area contributed by atoms with Crippen LogP contribution in [-0.4, -0.2) is 74.9 Å². The molecule has 2 saturated heterocycles. The van der Waals surface area contributed by atoms with Crippen molar-refractivity contribution in [3.63, 3.8) is 0 Å². The molecule has 0 bridgehead atoms. The number of hydrogen-bond acceptors (Lipinski definition) is 7. The van der Waals surface area contributed by atoms with E-state index >= 15 is 0 Å². The number of amides is 1. The Hall–Kier alpha value is -3.28. The number of aryl methyl sites for hydroxylation is 1. The standard InChI is InChI=1S/C20H24N4O3.C2HF3O2/c1-15-11-22-12-18(23-15)26-8-4-16-5-9-27-20(10-16)13-24(14-20)19(25)17-2-6-21-7-3-17;3-2(4,5)1(6)7/h2-3,6-7,11-12,16H,4-5,8-10,13-14H2,1H3;(H,6,7). The highest BCUT2D eigenvalue weighted by Crippen LogP contribution is 2.38. The van der Waals surface area contributed by atoms with Crippen LogP contribution >= 0.6 is 0 Å². The zero-order valence-corrected chi connectivity index (χ0v) is 18.5. The van der Waals surface area contributed by atoms with Crippen molar-refractivity contribution in [1.29, 1.82) is 0 Å². The van der Waals surface area contributed by atoms with Gasteiger partial charge in [0, 0.05) is 30.8 Å². The molecular formula is C22H25F3N4O5. The van der Waals surface area contributed by atoms with Gasteiger partial charge in [0.1, 0.15) is 5.60 Å². The Morgan fingerprint density at radius 1 is 1.24 bits per heavy atom. The van der Waals surface area contributed by atoms with Gasteiger partial charge in [0.05, 0.1) is 31.6 Å². The highest BCUT2D eigenvalue weighted by Gasteiger charge is 2.49. The molecular weight excluding hydrogens is 457 g/mol. The molecule has 0 saturated carbocycles. The lowest BCUT2D eigenvalue weighted by Gasteiger charge is -2.53. The first kappa shape index (κ1) is 25.3. The third-order valence-corrected chi connectivity index (χ3v) is 5.52. The number of carbonyl (C=O) groups is 2. The van der Waals surface area contributed by atoms with Gasteiger partial charge in [-0.15, -0.1) is 0 Å². The number of aromatic nitrogens is 3. The number of carbonyl (C=O) groups excluding carboxylic acids is 1. The minimum atomic E-state index is -5.08. The smallest absolute Gasteiger partial charge is 0.477 e. The van der Waals surface area contributed by atoms with Crippen LogP contribution < -0.4 is 4.74 Å². The zero-order valence-electron chi connectivity index (χ0n) is 18.5. The van der Waals surface area contributed by atoms with Crippen molar-refractivity contribution in [3.05, 3.63) is 48.2 Å². The molecule has 9 nitrogen and oxygen atoms in total. The number of pyridine rings is 1. The summed E-state index contributed by atoms with van der Waals surface area (Å²) in [5, 5.41) is 7.12. The summed E-state index contributed by atoms with van der Waals surface area (Å²) in [5.74, 6) is -1.59. The number of carboxylic acids is 1. The van der Waals surface area contributed by atoms with Gasteiger partial charge in [-0.25, -0.2) is 9.78 Å². The number of carboxylic acid groups (broad SMARTS) is 1. The van der Waals surface area contributed by atoms with E-state index < -0.39 is 12.1 Å². The first-order valence-electron chi connectivity index (χ1n) is 10.6. The summed E-state index contributed by atoms with van der Waals surface area (Å²) in [6, 6.07) is 3.51. The molecule has 184 valence electrons. The SMILES string of the molecule is Cc1cncc(OCCC2CCOC3(C2)CN(C(=O)c2ccncc2)C3)n1.O=C(O)C(F)(F)F. The topological polar surface area (TPSA) is 115 Å². The van der Waals surface area contributed by atoms with Gasteiger partial charge < -0.3 is 19.5 Å². The van der Waals surface area contributed by atoms with Gasteiger partial charge in [-0.05, 0) is 44.2 Å². The van der Waals surface area contributed by atoms with E-state index in [4.69, 9.17) is 19.4 Å². The fraction of sp³-hybridized carbons (Fsp3) is 0.500. The van der Waals surface area contributed by atoms with Gasteiger partial charge in [-0.3, -0.25) is 14.8 Å². The van der Waals surface area contributed by atoms with Crippen LogP contribution in [0.3, 0.4) is 0 Å². The van der Waals surface area contributed by atoms with Crippen molar-refractivity contribution >= 4 is 11.9 Å². The summed E-state index contributed by atoms with van der Waals surface area (Å²) < 4.78 is 43.5. The van der Waals surface area contributed by atoms with Crippen LogP contribution in [0.15, 0.2) is 36.9 Å². The Morgan fingerprint density at radius 3 is 2.53 bits per heavy atom. The van der Waals surface area contributed by atoms with Crippen molar-refractivity contribution in [1.82, 2.24) is 19.9 Å². The number of halogens is 3. The second-order valence-corrected chi connectivity index (χ2v) is 8.23. The number of ether oxygens (including phenoxy) is 2. The van der Waals surface area contributed by atoms with Crippen LogP contribution in [0.25, 0.3) is 0 Å². The summed E-state index contributed by atoms with van der Waals surface area (Å²) in [6.07, 6.45) is 4.53. The molecule has 12 heteroatoms. The summed E-state index contributed by atoms with van der Waals surface area (Å²) >= 11 is 0. The van der Waals surface area contributed by atoms with E-state index in [0.717, 1.165) is 31.6 Å². The van der Waals surface area contributed by atoms with E-state index in [-0.39, 0.29) is 11.5 Å². The largest absolute Gasteiger partial charge is 0.490 e. The molecule has 0 aromatic carbocycles. The summed E-state index contributed by atoms with van der Waals surface area (Å²) in [6.45, 7) is 4.59. The second kappa shape index (κ2) is 10.8. The molecule has 1 atom stereocenters. The maximum absolute atomic E-state index is 12.5. The van der Waals surface area contributed by atoms with Gasteiger partial charge in [-0.1, -0.05) is 0 Å². The number of hydrogen-bond donors (Lipinski definition) is 1. The molecule has 2 aromatic heterocycles. The van der Waals surface area contributed by atoms with Crippen molar-refractivity contribution < 1.29 is 37.3 Å². The van der Waals surface area contributed by atoms with Gasteiger partial charge in [-0.2, -0.15) is 13.2 Å². The molecule has 4 heterocycles. The zero-order chi connectivity index (χ0) is 24.8. The molecule has 1 amide bonds. The van der Waals surface area contributed by atoms with E-state index in [9.17, 15) is 18.0 Å². The Morgan fingerprint density at radius 2 is 1.91 bits per heavy atom. The average molecular weight is 482 g/mol. The molecule has 2 fully saturated rings. The van der Waals surface area contributed by atoms with Crippen LogP contribution in [0.5, 0.6) is 5.88 Å². The molecule has 1 unspecified atom stereocenters. The highest BCUT2D eigenvalue weighted by molar-refractivity contribution is 5.94. The van der Waals surface area contributed by atoms with E-state index in [1.54, 1.807) is 36.9 Å². The van der Waals surface area contributed by atoms with Crippen LogP contribution in [-0.2, 0) is 9.53 Å². The van der Waals surface area contributed by atoms with E-state index in [1.165, 1.54) is 0 Å². The Kier molecular flexibility index (Phi) is 8.02. The number of nitrogens with zero attached hydrogens (tertiary/aromatic N) is 4. The van der Waals surface area contributed by atoms with Crippen LogP contribution in [0, 0.1) is 12.8 Å². The van der Waals surface area contributed by atoms with Crippen LogP contribution in [0.1, 0.15) is 35.3 Å². The lowest BCUT2D eigenvalue weighted by atomic mass is 9.79. The van der Waals surface area contributed by atoms with E-state index in [0.29, 0.717) is 37.1 Å². The maximum atomic E-state index is 12.5. The first-order chi connectivity index (χ1) is 16.1. The fourth-order valence-corrected chi connectivity index (χ4v) is 3.91. The number of likely N-dealkylation sites (tertiary alicyclic amines) is 1. The molecule has 0 radical (unpaired) electrons. The molecule has 1 N–H and O–H groups in total. The van der Waals surface area contributed by atoms with E-state index in [2.05, 4.69) is 15.0 Å². The Labute approximate surface area is 193 Å². The van der Waals surface area contributed by atoms with Crippen molar-refractivity contribution in [3.8, 4) is 5.88 Å². The van der Waals surface area contributed by atoms with Crippen molar-refractivity contribution in [2.75, 3.05) is 26.3 Å². The summed E-state index contributed by atoms with van der Waals surface area (Å²) in [7, 11) is 0. The molecule has 0 aliphatic carbocycles. The monoisotopic (exact) mass is 482 g/mol. The van der Waals surface area contributed by atoms with Gasteiger partial charge in [0.2, 0.25) is 5.88 Å². The third kappa shape index (κ3) is 6.86. The minimum Gasteiger partial charge on any atom is -0.477 e. The fourth-order valence-electron chi connectivity index (χ4n) is 3.91. The predicted octanol–water partition coefficient (Wildman–Crippen LogP) is 2.90. The lowest BCUT2D eigenvalue weighted by Crippen LogP contribution is -2.66. The number of aliphatic carboxylic acids is 1. The molecule has 2 aromatic rings. The summed E-state index contributed by atoms with van der Waals surface area (Å²) in [5.41, 5.74) is 1.35.